The van der Waals surface area contributed by atoms with Crippen molar-refractivity contribution in [1.29, 1.82) is 0 Å². The zero-order valence-corrected chi connectivity index (χ0v) is 16.1. The number of amides is 1. The van der Waals surface area contributed by atoms with Crippen LogP contribution in [0.15, 0.2) is 42.5 Å². The van der Waals surface area contributed by atoms with Crippen LogP contribution in [0, 0.1) is 12.3 Å². The van der Waals surface area contributed by atoms with Crippen LogP contribution in [0.5, 0.6) is 5.75 Å². The van der Waals surface area contributed by atoms with Crippen LogP contribution in [-0.4, -0.2) is 25.6 Å². The van der Waals surface area contributed by atoms with Crippen molar-refractivity contribution in [3.63, 3.8) is 0 Å². The molecule has 0 aliphatic carbocycles. The van der Waals surface area contributed by atoms with Gasteiger partial charge in [0.2, 0.25) is 0 Å². The van der Waals surface area contributed by atoms with E-state index in [1.807, 2.05) is 49.4 Å². The first-order valence-corrected chi connectivity index (χ1v) is 8.88. The van der Waals surface area contributed by atoms with E-state index >= 15 is 0 Å². The van der Waals surface area contributed by atoms with Crippen molar-refractivity contribution in [2.75, 3.05) is 30.3 Å². The van der Waals surface area contributed by atoms with E-state index in [1.54, 1.807) is 0 Å². The van der Waals surface area contributed by atoms with E-state index in [-0.39, 0.29) is 11.3 Å². The Morgan fingerprint density at radius 2 is 1.81 bits per heavy atom. The van der Waals surface area contributed by atoms with Crippen molar-refractivity contribution in [3.05, 3.63) is 53.6 Å². The minimum Gasteiger partial charge on any atom is -0.492 e. The molecular weight excluding hydrogens is 326 g/mol. The molecule has 0 aromatic heterocycles. The first kappa shape index (κ1) is 19.8. The number of anilines is 2. The largest absolute Gasteiger partial charge is 0.492 e. The normalized spacial score (nSPS) is 11.1. The van der Waals surface area contributed by atoms with Crippen molar-refractivity contribution in [3.8, 4) is 5.75 Å². The Balaban J connectivity index is 2.07. The Morgan fingerprint density at radius 3 is 2.42 bits per heavy atom. The fourth-order valence-electron chi connectivity index (χ4n) is 2.44. The summed E-state index contributed by atoms with van der Waals surface area (Å²) in [5.74, 6) is 0.607. The van der Waals surface area contributed by atoms with Gasteiger partial charge in [0, 0.05) is 30.0 Å². The van der Waals surface area contributed by atoms with Crippen LogP contribution in [-0.2, 0) is 0 Å². The van der Waals surface area contributed by atoms with Crippen LogP contribution in [0.25, 0.3) is 0 Å². The smallest absolute Gasteiger partial charge is 0.256 e. The second-order valence-corrected chi connectivity index (χ2v) is 7.51. The molecule has 0 aliphatic heterocycles. The minimum atomic E-state index is -0.127. The summed E-state index contributed by atoms with van der Waals surface area (Å²) in [6, 6.07) is 13.0. The van der Waals surface area contributed by atoms with Crippen LogP contribution in [0.3, 0.4) is 0 Å². The highest BCUT2D eigenvalue weighted by Crippen LogP contribution is 2.23. The maximum Gasteiger partial charge on any atom is 0.256 e. The Bertz CT molecular complexity index is 734. The lowest BCUT2D eigenvalue weighted by Crippen LogP contribution is -2.20. The van der Waals surface area contributed by atoms with E-state index in [0.717, 1.165) is 29.2 Å². The van der Waals surface area contributed by atoms with E-state index in [9.17, 15) is 4.79 Å². The summed E-state index contributed by atoms with van der Waals surface area (Å²) in [5.41, 5.74) is 8.90. The molecule has 0 radical (unpaired) electrons. The maximum atomic E-state index is 12.7. The molecule has 0 bridgehead atoms. The zero-order valence-electron chi connectivity index (χ0n) is 16.1. The first-order valence-electron chi connectivity index (χ1n) is 8.88. The van der Waals surface area contributed by atoms with Gasteiger partial charge in [-0.1, -0.05) is 26.8 Å². The molecule has 0 atom stereocenters. The summed E-state index contributed by atoms with van der Waals surface area (Å²) in [5, 5.41) is 6.37. The number of hydrogen-bond acceptors (Lipinski definition) is 4. The SMILES string of the molecule is Cc1c(NCC(C)(C)C)cccc1C(=O)Nc1ccc(OCCN)cc1. The van der Waals surface area contributed by atoms with E-state index < -0.39 is 0 Å². The Hall–Kier alpha value is -2.53. The lowest BCUT2D eigenvalue weighted by atomic mass is 9.96. The van der Waals surface area contributed by atoms with Crippen LogP contribution >= 0.6 is 0 Å². The van der Waals surface area contributed by atoms with Gasteiger partial charge in [0.25, 0.3) is 5.91 Å². The molecule has 2 rings (SSSR count). The van der Waals surface area contributed by atoms with E-state index in [4.69, 9.17) is 10.5 Å². The van der Waals surface area contributed by atoms with Gasteiger partial charge >= 0.3 is 0 Å². The predicted molar refractivity (Wildman–Crippen MR) is 108 cm³/mol. The van der Waals surface area contributed by atoms with Gasteiger partial charge in [-0.25, -0.2) is 0 Å². The highest BCUT2D eigenvalue weighted by atomic mass is 16.5. The van der Waals surface area contributed by atoms with Crippen LogP contribution in [0.1, 0.15) is 36.7 Å². The van der Waals surface area contributed by atoms with Crippen molar-refractivity contribution < 1.29 is 9.53 Å². The lowest BCUT2D eigenvalue weighted by Gasteiger charge is -2.21. The molecule has 0 saturated heterocycles. The molecule has 4 N–H and O–H groups in total. The molecule has 2 aromatic rings. The highest BCUT2D eigenvalue weighted by Gasteiger charge is 2.14. The third-order valence-electron chi connectivity index (χ3n) is 3.89. The quantitative estimate of drug-likeness (QED) is 0.700. The standard InChI is InChI=1S/C21H29N3O2/c1-15-18(6-5-7-19(15)23-14-21(2,3)4)20(25)24-16-8-10-17(11-9-16)26-13-12-22/h5-11,23H,12-14,22H2,1-4H3,(H,24,25). The number of ether oxygens (including phenoxy) is 1. The highest BCUT2D eigenvalue weighted by molar-refractivity contribution is 6.06. The van der Waals surface area contributed by atoms with Gasteiger partial charge in [0.05, 0.1) is 0 Å². The molecule has 0 aliphatic rings. The number of carbonyl (C=O) groups excluding carboxylic acids is 1. The monoisotopic (exact) mass is 355 g/mol. The zero-order chi connectivity index (χ0) is 19.2. The van der Waals surface area contributed by atoms with Crippen LogP contribution in [0.2, 0.25) is 0 Å². The van der Waals surface area contributed by atoms with Gasteiger partial charge in [0.15, 0.2) is 0 Å². The van der Waals surface area contributed by atoms with Crippen molar-refractivity contribution in [1.82, 2.24) is 0 Å². The second-order valence-electron chi connectivity index (χ2n) is 7.51. The average Bonchev–Trinajstić information content (AvgIpc) is 2.59. The van der Waals surface area contributed by atoms with Crippen molar-refractivity contribution in [2.24, 2.45) is 11.1 Å². The summed E-state index contributed by atoms with van der Waals surface area (Å²) in [6.07, 6.45) is 0. The molecule has 5 nitrogen and oxygen atoms in total. The van der Waals surface area contributed by atoms with Gasteiger partial charge in [-0.05, 0) is 54.3 Å². The number of rotatable bonds is 7. The average molecular weight is 355 g/mol. The lowest BCUT2D eigenvalue weighted by molar-refractivity contribution is 0.102. The number of benzene rings is 2. The summed E-state index contributed by atoms with van der Waals surface area (Å²) < 4.78 is 5.44. The van der Waals surface area contributed by atoms with E-state index in [1.165, 1.54) is 0 Å². The molecule has 0 spiro atoms. The number of nitrogens with one attached hydrogen (secondary N) is 2. The third-order valence-corrected chi connectivity index (χ3v) is 3.89. The first-order chi connectivity index (χ1) is 12.3. The molecule has 0 saturated carbocycles. The summed E-state index contributed by atoms with van der Waals surface area (Å²) >= 11 is 0. The van der Waals surface area contributed by atoms with Crippen LogP contribution in [0.4, 0.5) is 11.4 Å². The molecule has 5 heteroatoms. The van der Waals surface area contributed by atoms with Gasteiger partial charge < -0.3 is 21.1 Å². The summed E-state index contributed by atoms with van der Waals surface area (Å²) in [7, 11) is 0. The Kier molecular flexibility index (Phi) is 6.64. The molecule has 2 aromatic carbocycles. The molecule has 0 fully saturated rings. The number of nitrogens with two attached hydrogens (primary N) is 1. The molecule has 0 unspecified atom stereocenters. The predicted octanol–water partition coefficient (Wildman–Crippen LogP) is 4.04. The van der Waals surface area contributed by atoms with Crippen LogP contribution < -0.4 is 21.1 Å². The fourth-order valence-corrected chi connectivity index (χ4v) is 2.44. The van der Waals surface area contributed by atoms with E-state index in [0.29, 0.717) is 18.7 Å². The number of hydrogen-bond donors (Lipinski definition) is 3. The third kappa shape index (κ3) is 5.77. The van der Waals surface area contributed by atoms with E-state index in [2.05, 4.69) is 31.4 Å². The minimum absolute atomic E-state index is 0.127. The van der Waals surface area contributed by atoms with Gasteiger partial charge in [-0.15, -0.1) is 0 Å². The Morgan fingerprint density at radius 1 is 1.12 bits per heavy atom. The maximum absolute atomic E-state index is 12.7. The topological polar surface area (TPSA) is 76.4 Å². The fraction of sp³-hybridized carbons (Fsp3) is 0.381. The van der Waals surface area contributed by atoms with Gasteiger partial charge in [-0.3, -0.25) is 4.79 Å². The molecule has 1 amide bonds. The molecule has 140 valence electrons. The molecular formula is C21H29N3O2. The molecule has 0 heterocycles. The number of carbonyl (C=O) groups is 1. The van der Waals surface area contributed by atoms with Gasteiger partial charge in [-0.2, -0.15) is 0 Å². The second kappa shape index (κ2) is 8.72. The Labute approximate surface area is 155 Å². The molecule has 26 heavy (non-hydrogen) atoms. The summed E-state index contributed by atoms with van der Waals surface area (Å²) in [4.78, 5) is 12.7. The van der Waals surface area contributed by atoms with Gasteiger partial charge in [0.1, 0.15) is 12.4 Å². The van der Waals surface area contributed by atoms with Crippen molar-refractivity contribution in [2.45, 2.75) is 27.7 Å². The van der Waals surface area contributed by atoms with Crippen molar-refractivity contribution >= 4 is 17.3 Å². The summed E-state index contributed by atoms with van der Waals surface area (Å²) in [6.45, 7) is 10.3.